The Bertz CT molecular complexity index is 491. The lowest BCUT2D eigenvalue weighted by molar-refractivity contribution is 0.293. The van der Waals surface area contributed by atoms with Crippen LogP contribution in [0.15, 0.2) is 12.7 Å². The summed E-state index contributed by atoms with van der Waals surface area (Å²) in [5.74, 6) is 2.26. The molecule has 0 amide bonds. The second-order valence-corrected chi connectivity index (χ2v) is 5.39. The summed E-state index contributed by atoms with van der Waals surface area (Å²) in [5.41, 5.74) is 0. The summed E-state index contributed by atoms with van der Waals surface area (Å²) in [6, 6.07) is 0. The summed E-state index contributed by atoms with van der Waals surface area (Å²) in [5, 5.41) is 36.6. The van der Waals surface area contributed by atoms with E-state index < -0.39 is 0 Å². The van der Waals surface area contributed by atoms with Crippen LogP contribution in [0.4, 0.5) is 11.9 Å². The second kappa shape index (κ2) is 7.48. The highest BCUT2D eigenvalue weighted by molar-refractivity contribution is 5.19. The van der Waals surface area contributed by atoms with Crippen molar-refractivity contribution in [2.24, 2.45) is 11.8 Å². The molecule has 0 atom stereocenters. The van der Waals surface area contributed by atoms with Crippen molar-refractivity contribution in [2.45, 2.75) is 25.7 Å². The maximum Gasteiger partial charge on any atom is 0.262 e. The van der Waals surface area contributed by atoms with Gasteiger partial charge in [0.25, 0.3) is 11.9 Å². The summed E-state index contributed by atoms with van der Waals surface area (Å²) in [6.07, 6.45) is 7.37. The summed E-state index contributed by atoms with van der Waals surface area (Å²) < 4.78 is 0. The van der Waals surface area contributed by atoms with E-state index in [0.29, 0.717) is 23.7 Å². The van der Waals surface area contributed by atoms with Crippen molar-refractivity contribution in [1.29, 1.82) is 0 Å². The third-order valence-electron chi connectivity index (χ3n) is 3.88. The van der Waals surface area contributed by atoms with Crippen LogP contribution in [0.25, 0.3) is 0 Å². The van der Waals surface area contributed by atoms with Crippen LogP contribution in [-0.2, 0) is 0 Å². The predicted octanol–water partition coefficient (Wildman–Crippen LogP) is 0.177. The van der Waals surface area contributed by atoms with Gasteiger partial charge in [-0.05, 0) is 37.5 Å². The molecule has 2 aromatic rings. The van der Waals surface area contributed by atoms with Crippen LogP contribution in [0, 0.1) is 11.8 Å². The van der Waals surface area contributed by atoms with Crippen LogP contribution in [0.5, 0.6) is 0 Å². The molecule has 0 aliphatic heterocycles. The Labute approximate surface area is 127 Å². The van der Waals surface area contributed by atoms with Gasteiger partial charge in [-0.3, -0.25) is 0 Å². The van der Waals surface area contributed by atoms with Crippen molar-refractivity contribution in [2.75, 3.05) is 23.7 Å². The lowest BCUT2D eigenvalue weighted by atomic mass is 9.82. The smallest absolute Gasteiger partial charge is 0.262 e. The molecule has 10 heteroatoms. The molecule has 22 heavy (non-hydrogen) atoms. The maximum atomic E-state index is 3.87. The molecule has 10 nitrogen and oxygen atoms in total. The fourth-order valence-electron chi connectivity index (χ4n) is 2.66. The standard InChI is InChI=1S/C12H18N10/c1-2-10(6-14-12-21-17-8-18-22-12)4-3-9(1)5-13-11-19-15-7-16-20-11/h7-10H,1-6H2,(H,13,19,20)(H,14,21,22). The minimum absolute atomic E-state index is 0.493. The van der Waals surface area contributed by atoms with Gasteiger partial charge in [0.15, 0.2) is 12.7 Å². The fraction of sp³-hybridized carbons (Fsp3) is 0.667. The van der Waals surface area contributed by atoms with Gasteiger partial charge in [0.1, 0.15) is 0 Å². The van der Waals surface area contributed by atoms with Crippen molar-refractivity contribution in [3.63, 3.8) is 0 Å². The molecule has 0 bridgehead atoms. The van der Waals surface area contributed by atoms with Gasteiger partial charge in [-0.15, -0.1) is 40.8 Å². The van der Waals surface area contributed by atoms with Crippen molar-refractivity contribution in [3.8, 4) is 0 Å². The minimum Gasteiger partial charge on any atom is -0.351 e. The molecule has 2 heterocycles. The van der Waals surface area contributed by atoms with Crippen LogP contribution in [0.3, 0.4) is 0 Å². The number of nitrogens with zero attached hydrogens (tertiary/aromatic N) is 8. The predicted molar refractivity (Wildman–Crippen MR) is 77.7 cm³/mol. The summed E-state index contributed by atoms with van der Waals surface area (Å²) in [6.45, 7) is 1.73. The fourth-order valence-corrected chi connectivity index (χ4v) is 2.66. The average Bonchev–Trinajstić information content (AvgIpc) is 2.61. The Morgan fingerprint density at radius 3 is 1.41 bits per heavy atom. The van der Waals surface area contributed by atoms with Gasteiger partial charge in [0, 0.05) is 13.1 Å². The molecule has 1 fully saturated rings. The third kappa shape index (κ3) is 4.24. The second-order valence-electron chi connectivity index (χ2n) is 5.39. The first kappa shape index (κ1) is 14.4. The van der Waals surface area contributed by atoms with Gasteiger partial charge in [-0.25, -0.2) is 0 Å². The van der Waals surface area contributed by atoms with Gasteiger partial charge in [0.2, 0.25) is 0 Å². The molecular weight excluding hydrogens is 284 g/mol. The zero-order chi connectivity index (χ0) is 15.0. The first-order valence-corrected chi connectivity index (χ1v) is 7.38. The van der Waals surface area contributed by atoms with E-state index in [2.05, 4.69) is 51.4 Å². The van der Waals surface area contributed by atoms with Gasteiger partial charge < -0.3 is 10.6 Å². The topological polar surface area (TPSA) is 127 Å². The van der Waals surface area contributed by atoms with Crippen LogP contribution in [0.2, 0.25) is 0 Å². The van der Waals surface area contributed by atoms with Gasteiger partial charge in [-0.1, -0.05) is 0 Å². The number of hydrogen-bond donors (Lipinski definition) is 2. The van der Waals surface area contributed by atoms with Crippen LogP contribution in [0.1, 0.15) is 25.7 Å². The molecule has 0 aromatic carbocycles. The van der Waals surface area contributed by atoms with E-state index in [1.54, 1.807) is 0 Å². The lowest BCUT2D eigenvalue weighted by Crippen LogP contribution is -2.26. The Morgan fingerprint density at radius 1 is 0.682 bits per heavy atom. The molecule has 116 valence electrons. The molecular formula is C12H18N10. The molecule has 2 aromatic heterocycles. The normalized spacial score (nSPS) is 21.3. The molecule has 0 spiro atoms. The molecule has 2 N–H and O–H groups in total. The largest absolute Gasteiger partial charge is 0.351 e. The number of hydrogen-bond acceptors (Lipinski definition) is 10. The average molecular weight is 302 g/mol. The van der Waals surface area contributed by atoms with E-state index in [1.165, 1.54) is 38.3 Å². The number of nitrogens with one attached hydrogen (secondary N) is 2. The maximum absolute atomic E-state index is 3.87. The van der Waals surface area contributed by atoms with Gasteiger partial charge >= 0.3 is 0 Å². The Kier molecular flexibility index (Phi) is 4.90. The molecule has 3 rings (SSSR count). The molecule has 0 radical (unpaired) electrons. The number of rotatable bonds is 6. The Morgan fingerprint density at radius 2 is 1.05 bits per heavy atom. The van der Waals surface area contributed by atoms with E-state index in [1.807, 2.05) is 0 Å². The van der Waals surface area contributed by atoms with Crippen LogP contribution >= 0.6 is 0 Å². The van der Waals surface area contributed by atoms with E-state index in [4.69, 9.17) is 0 Å². The van der Waals surface area contributed by atoms with E-state index in [0.717, 1.165) is 13.1 Å². The Balaban J connectivity index is 1.35. The summed E-state index contributed by atoms with van der Waals surface area (Å²) >= 11 is 0. The highest BCUT2D eigenvalue weighted by Gasteiger charge is 2.21. The van der Waals surface area contributed by atoms with Crippen LogP contribution < -0.4 is 10.6 Å². The Hall–Kier alpha value is -2.52. The van der Waals surface area contributed by atoms with Crippen molar-refractivity contribution < 1.29 is 0 Å². The highest BCUT2D eigenvalue weighted by Crippen LogP contribution is 2.28. The van der Waals surface area contributed by atoms with Crippen molar-refractivity contribution >= 4 is 11.9 Å². The van der Waals surface area contributed by atoms with Crippen molar-refractivity contribution in [1.82, 2.24) is 40.8 Å². The molecule has 0 saturated heterocycles. The van der Waals surface area contributed by atoms with Crippen molar-refractivity contribution in [3.05, 3.63) is 12.7 Å². The zero-order valence-electron chi connectivity index (χ0n) is 12.1. The summed E-state index contributed by atoms with van der Waals surface area (Å²) in [4.78, 5) is 0. The van der Waals surface area contributed by atoms with E-state index >= 15 is 0 Å². The monoisotopic (exact) mass is 302 g/mol. The molecule has 1 aliphatic rings. The number of anilines is 2. The highest BCUT2D eigenvalue weighted by atomic mass is 15.3. The van der Waals surface area contributed by atoms with Gasteiger partial charge in [0.05, 0.1) is 0 Å². The SMILES string of the molecule is c1nnc(NCC2CCC(CNc3nncnn3)CC2)nn1. The van der Waals surface area contributed by atoms with E-state index in [-0.39, 0.29) is 0 Å². The first-order valence-electron chi connectivity index (χ1n) is 7.38. The number of aromatic nitrogens is 8. The quantitative estimate of drug-likeness (QED) is 0.762. The summed E-state index contributed by atoms with van der Waals surface area (Å²) in [7, 11) is 0. The first-order chi connectivity index (χ1) is 10.9. The van der Waals surface area contributed by atoms with Crippen LogP contribution in [-0.4, -0.2) is 53.9 Å². The zero-order valence-corrected chi connectivity index (χ0v) is 12.1. The molecule has 1 saturated carbocycles. The third-order valence-corrected chi connectivity index (χ3v) is 3.88. The lowest BCUT2D eigenvalue weighted by Gasteiger charge is -2.28. The van der Waals surface area contributed by atoms with Gasteiger partial charge in [-0.2, -0.15) is 0 Å². The minimum atomic E-state index is 0.493. The van der Waals surface area contributed by atoms with E-state index in [9.17, 15) is 0 Å². The molecule has 1 aliphatic carbocycles. The molecule has 0 unspecified atom stereocenters.